The number of H-pyrrole nitrogens is 1. The number of nitrogens with zero attached hydrogens (tertiary/aromatic N) is 3. The van der Waals surface area contributed by atoms with Gasteiger partial charge in [-0.2, -0.15) is 0 Å². The molecule has 1 aliphatic rings. The van der Waals surface area contributed by atoms with E-state index in [9.17, 15) is 0 Å². The van der Waals surface area contributed by atoms with Crippen LogP contribution in [0.2, 0.25) is 0 Å². The number of halogens is 1. The first-order valence-corrected chi connectivity index (χ1v) is 9.68. The number of anilines is 1. The second kappa shape index (κ2) is 10.3. The Bertz CT molecular complexity index is 909. The van der Waals surface area contributed by atoms with Gasteiger partial charge in [0.2, 0.25) is 0 Å². The van der Waals surface area contributed by atoms with Gasteiger partial charge >= 0.3 is 0 Å². The molecule has 29 heavy (non-hydrogen) atoms. The molecule has 0 aliphatic carbocycles. The van der Waals surface area contributed by atoms with E-state index in [-0.39, 0.29) is 24.0 Å². The van der Waals surface area contributed by atoms with Crippen molar-refractivity contribution in [2.45, 2.75) is 19.0 Å². The van der Waals surface area contributed by atoms with Crippen LogP contribution in [0.1, 0.15) is 12.2 Å². The number of imidazole rings is 1. The summed E-state index contributed by atoms with van der Waals surface area (Å²) in [5, 5.41) is 6.89. The molecule has 3 aromatic rings. The van der Waals surface area contributed by atoms with Gasteiger partial charge in [-0.25, -0.2) is 4.98 Å². The number of aromatic amines is 1. The van der Waals surface area contributed by atoms with Gasteiger partial charge < -0.3 is 20.5 Å². The third-order valence-corrected chi connectivity index (χ3v) is 5.01. The van der Waals surface area contributed by atoms with Gasteiger partial charge in [0.25, 0.3) is 0 Å². The average Bonchev–Trinajstić information content (AvgIpc) is 3.42. The first kappa shape index (κ1) is 21.2. The summed E-state index contributed by atoms with van der Waals surface area (Å²) in [6.45, 7) is 2.63. The maximum absolute atomic E-state index is 4.47. The first-order valence-electron chi connectivity index (χ1n) is 9.68. The summed E-state index contributed by atoms with van der Waals surface area (Å²) in [6, 6.07) is 21.1. The Morgan fingerprint density at radius 2 is 1.86 bits per heavy atom. The van der Waals surface area contributed by atoms with Crippen molar-refractivity contribution in [2.24, 2.45) is 4.99 Å². The number of guanidine groups is 1. The Hall–Kier alpha value is -2.55. The predicted octanol–water partition coefficient (Wildman–Crippen LogP) is 3.64. The van der Waals surface area contributed by atoms with Crippen LogP contribution in [0, 0.1) is 0 Å². The molecular formula is C22H27IN6. The molecule has 1 atom stereocenters. The summed E-state index contributed by atoms with van der Waals surface area (Å²) < 4.78 is 0. The van der Waals surface area contributed by atoms with Gasteiger partial charge in [0.1, 0.15) is 5.82 Å². The normalized spacial score (nSPS) is 16.4. The van der Waals surface area contributed by atoms with Crippen LogP contribution in [-0.2, 0) is 6.54 Å². The quantitative estimate of drug-likeness (QED) is 0.283. The van der Waals surface area contributed by atoms with Crippen molar-refractivity contribution in [2.75, 3.05) is 25.0 Å². The molecular weight excluding hydrogens is 475 g/mol. The number of aromatic nitrogens is 2. The van der Waals surface area contributed by atoms with Gasteiger partial charge in [0, 0.05) is 31.9 Å². The molecule has 2 aromatic carbocycles. The zero-order valence-corrected chi connectivity index (χ0v) is 18.8. The number of benzene rings is 2. The lowest BCUT2D eigenvalue weighted by Crippen LogP contribution is -2.44. The Morgan fingerprint density at radius 3 is 2.59 bits per heavy atom. The smallest absolute Gasteiger partial charge is 0.191 e. The molecule has 0 bridgehead atoms. The molecule has 4 rings (SSSR count). The van der Waals surface area contributed by atoms with Crippen LogP contribution in [-0.4, -0.2) is 42.1 Å². The zero-order valence-electron chi connectivity index (χ0n) is 16.5. The monoisotopic (exact) mass is 502 g/mol. The van der Waals surface area contributed by atoms with Crippen molar-refractivity contribution < 1.29 is 0 Å². The van der Waals surface area contributed by atoms with E-state index in [1.54, 1.807) is 7.05 Å². The van der Waals surface area contributed by atoms with Crippen LogP contribution in [0.25, 0.3) is 11.3 Å². The standard InChI is InChI=1S/C22H26N6.HI/c1-23-22(26-18-12-13-28(16-18)19-10-6-3-7-11-19)25-15-21-24-14-20(27-21)17-8-4-2-5-9-17;/h2-11,14,18H,12-13,15-16H2,1H3,(H,24,27)(H2,23,25,26);1H. The Balaban J connectivity index is 0.00000240. The van der Waals surface area contributed by atoms with Crippen LogP contribution in [0.3, 0.4) is 0 Å². The molecule has 0 spiro atoms. The first-order chi connectivity index (χ1) is 13.8. The number of para-hydroxylation sites is 1. The molecule has 7 heteroatoms. The van der Waals surface area contributed by atoms with Gasteiger partial charge in [0.05, 0.1) is 18.4 Å². The zero-order chi connectivity index (χ0) is 19.2. The van der Waals surface area contributed by atoms with E-state index in [1.165, 1.54) is 5.69 Å². The second-order valence-corrected chi connectivity index (χ2v) is 6.95. The molecule has 0 saturated carbocycles. The van der Waals surface area contributed by atoms with Crippen molar-refractivity contribution in [1.29, 1.82) is 0 Å². The van der Waals surface area contributed by atoms with E-state index in [0.717, 1.165) is 42.6 Å². The molecule has 1 saturated heterocycles. The van der Waals surface area contributed by atoms with Gasteiger partial charge in [-0.1, -0.05) is 48.5 Å². The summed E-state index contributed by atoms with van der Waals surface area (Å²) >= 11 is 0. The van der Waals surface area contributed by atoms with Crippen molar-refractivity contribution in [1.82, 2.24) is 20.6 Å². The largest absolute Gasteiger partial charge is 0.369 e. The maximum Gasteiger partial charge on any atom is 0.191 e. The molecule has 1 fully saturated rings. The Labute approximate surface area is 188 Å². The minimum absolute atomic E-state index is 0. The summed E-state index contributed by atoms with van der Waals surface area (Å²) in [5.74, 6) is 1.69. The summed E-state index contributed by atoms with van der Waals surface area (Å²) in [4.78, 5) is 14.6. The van der Waals surface area contributed by atoms with Crippen molar-refractivity contribution in [3.05, 3.63) is 72.7 Å². The number of aliphatic imine (C=N–C) groups is 1. The number of rotatable bonds is 5. The minimum Gasteiger partial charge on any atom is -0.369 e. The molecule has 2 heterocycles. The third kappa shape index (κ3) is 5.50. The third-order valence-electron chi connectivity index (χ3n) is 5.01. The van der Waals surface area contributed by atoms with Crippen LogP contribution in [0.15, 0.2) is 71.9 Å². The summed E-state index contributed by atoms with van der Waals surface area (Å²) in [7, 11) is 1.80. The van der Waals surface area contributed by atoms with Crippen LogP contribution < -0.4 is 15.5 Å². The van der Waals surface area contributed by atoms with Crippen molar-refractivity contribution in [3.63, 3.8) is 0 Å². The highest BCUT2D eigenvalue weighted by atomic mass is 127. The highest BCUT2D eigenvalue weighted by Crippen LogP contribution is 2.19. The van der Waals surface area contributed by atoms with E-state index in [2.05, 4.69) is 73.0 Å². The van der Waals surface area contributed by atoms with Gasteiger partial charge in [-0.05, 0) is 24.1 Å². The molecule has 1 aliphatic heterocycles. The summed E-state index contributed by atoms with van der Waals surface area (Å²) in [5.41, 5.74) is 3.43. The predicted molar refractivity (Wildman–Crippen MR) is 130 cm³/mol. The highest BCUT2D eigenvalue weighted by Gasteiger charge is 2.23. The summed E-state index contributed by atoms with van der Waals surface area (Å²) in [6.07, 6.45) is 2.96. The van der Waals surface area contributed by atoms with E-state index >= 15 is 0 Å². The number of nitrogens with one attached hydrogen (secondary N) is 3. The van der Waals surface area contributed by atoms with Crippen molar-refractivity contribution in [3.8, 4) is 11.3 Å². The maximum atomic E-state index is 4.47. The molecule has 152 valence electrons. The average molecular weight is 502 g/mol. The molecule has 1 unspecified atom stereocenters. The molecule has 3 N–H and O–H groups in total. The van der Waals surface area contributed by atoms with E-state index in [4.69, 9.17) is 0 Å². The fraction of sp³-hybridized carbons (Fsp3) is 0.273. The lowest BCUT2D eigenvalue weighted by atomic mass is 10.2. The van der Waals surface area contributed by atoms with Crippen LogP contribution in [0.5, 0.6) is 0 Å². The van der Waals surface area contributed by atoms with Crippen LogP contribution in [0.4, 0.5) is 5.69 Å². The van der Waals surface area contributed by atoms with Gasteiger partial charge in [0.15, 0.2) is 5.96 Å². The Morgan fingerprint density at radius 1 is 1.14 bits per heavy atom. The van der Waals surface area contributed by atoms with E-state index in [1.807, 2.05) is 24.4 Å². The molecule has 6 nitrogen and oxygen atoms in total. The van der Waals surface area contributed by atoms with Gasteiger partial charge in [-0.3, -0.25) is 4.99 Å². The Kier molecular flexibility index (Phi) is 7.51. The molecule has 1 aromatic heterocycles. The highest BCUT2D eigenvalue weighted by molar-refractivity contribution is 14.0. The van der Waals surface area contributed by atoms with Crippen molar-refractivity contribution >= 4 is 35.6 Å². The minimum atomic E-state index is 0. The molecule has 0 amide bonds. The van der Waals surface area contributed by atoms with Gasteiger partial charge in [-0.15, -0.1) is 24.0 Å². The van der Waals surface area contributed by atoms with E-state index in [0.29, 0.717) is 12.6 Å². The molecule has 0 radical (unpaired) electrons. The fourth-order valence-corrected chi connectivity index (χ4v) is 3.52. The lowest BCUT2D eigenvalue weighted by Gasteiger charge is -2.20. The van der Waals surface area contributed by atoms with Crippen LogP contribution >= 0.6 is 24.0 Å². The SMILES string of the molecule is CN=C(NCc1ncc(-c2ccccc2)[nH]1)NC1CCN(c2ccccc2)C1.I. The number of hydrogen-bond acceptors (Lipinski definition) is 3. The lowest BCUT2D eigenvalue weighted by molar-refractivity contribution is 0.646. The fourth-order valence-electron chi connectivity index (χ4n) is 3.52. The topological polar surface area (TPSA) is 68.3 Å². The second-order valence-electron chi connectivity index (χ2n) is 6.95. The number of hydrogen-bond donors (Lipinski definition) is 3. The van der Waals surface area contributed by atoms with E-state index < -0.39 is 0 Å².